The van der Waals surface area contributed by atoms with Crippen LogP contribution in [0.4, 0.5) is 4.79 Å². The minimum Gasteiger partial charge on any atom is -0.342 e. The van der Waals surface area contributed by atoms with Crippen molar-refractivity contribution in [2.24, 2.45) is 5.92 Å². The topological polar surface area (TPSA) is 73.0 Å². The van der Waals surface area contributed by atoms with Crippen LogP contribution >= 0.6 is 11.3 Å². The lowest BCUT2D eigenvalue weighted by atomic mass is 9.97. The van der Waals surface area contributed by atoms with Gasteiger partial charge in [-0.15, -0.1) is 11.3 Å². The lowest BCUT2D eigenvalue weighted by Gasteiger charge is -2.31. The molecule has 0 aliphatic carbocycles. The molecule has 1 aromatic carbocycles. The lowest BCUT2D eigenvalue weighted by molar-refractivity contribution is 0.176. The summed E-state index contributed by atoms with van der Waals surface area (Å²) in [5.74, 6) is 1.47. The molecule has 0 saturated carbocycles. The van der Waals surface area contributed by atoms with Gasteiger partial charge in [0.05, 0.1) is 11.0 Å². The molecule has 7 heteroatoms. The molecule has 0 atom stereocenters. The van der Waals surface area contributed by atoms with Crippen LogP contribution in [-0.4, -0.2) is 47.1 Å². The molecule has 3 N–H and O–H groups in total. The average molecular weight is 398 g/mol. The molecule has 4 rings (SSSR count). The molecule has 1 fully saturated rings. The van der Waals surface area contributed by atoms with Gasteiger partial charge in [0, 0.05) is 30.9 Å². The molecule has 1 aliphatic rings. The molecule has 2 aromatic heterocycles. The fourth-order valence-electron chi connectivity index (χ4n) is 3.69. The lowest BCUT2D eigenvalue weighted by Crippen LogP contribution is -2.42. The number of nitrogens with one attached hydrogen (secondary N) is 3. The molecular weight excluding hydrogens is 370 g/mol. The Morgan fingerprint density at radius 3 is 2.82 bits per heavy atom. The van der Waals surface area contributed by atoms with Crippen LogP contribution in [0.25, 0.3) is 11.0 Å². The summed E-state index contributed by atoms with van der Waals surface area (Å²) >= 11 is 1.82. The van der Waals surface area contributed by atoms with Crippen LogP contribution in [0.2, 0.25) is 0 Å². The maximum atomic E-state index is 12.1. The monoisotopic (exact) mass is 397 g/mol. The zero-order valence-corrected chi connectivity index (χ0v) is 16.8. The van der Waals surface area contributed by atoms with E-state index in [9.17, 15) is 4.79 Å². The Balaban J connectivity index is 1.11. The molecule has 2 amide bonds. The summed E-state index contributed by atoms with van der Waals surface area (Å²) in [6.07, 6.45) is 2.98. The first-order valence-electron chi connectivity index (χ1n) is 9.96. The summed E-state index contributed by atoms with van der Waals surface area (Å²) in [5, 5.41) is 8.10. The largest absolute Gasteiger partial charge is 0.342 e. The molecule has 148 valence electrons. The van der Waals surface area contributed by atoms with Crippen molar-refractivity contribution in [1.82, 2.24) is 25.5 Å². The van der Waals surface area contributed by atoms with E-state index in [1.165, 1.54) is 4.88 Å². The maximum absolute atomic E-state index is 12.1. The maximum Gasteiger partial charge on any atom is 0.314 e. The third-order valence-corrected chi connectivity index (χ3v) is 6.16. The van der Waals surface area contributed by atoms with Gasteiger partial charge in [-0.2, -0.15) is 0 Å². The second-order valence-electron chi connectivity index (χ2n) is 7.39. The van der Waals surface area contributed by atoms with Crippen LogP contribution < -0.4 is 10.6 Å². The highest BCUT2D eigenvalue weighted by Gasteiger charge is 2.19. The van der Waals surface area contributed by atoms with Crippen LogP contribution in [0.1, 0.15) is 23.5 Å². The van der Waals surface area contributed by atoms with E-state index in [0.29, 0.717) is 18.9 Å². The number of H-pyrrole nitrogens is 1. The molecule has 0 unspecified atom stereocenters. The van der Waals surface area contributed by atoms with Crippen molar-refractivity contribution in [3.8, 4) is 0 Å². The number of nitrogens with zero attached hydrogens (tertiary/aromatic N) is 2. The normalized spacial score (nSPS) is 15.7. The number of hydrogen-bond donors (Lipinski definition) is 3. The van der Waals surface area contributed by atoms with E-state index < -0.39 is 0 Å². The number of amides is 2. The summed E-state index contributed by atoms with van der Waals surface area (Å²) in [6.45, 7) is 4.60. The molecule has 1 aliphatic heterocycles. The number of benzene rings is 1. The van der Waals surface area contributed by atoms with Crippen LogP contribution in [-0.2, 0) is 13.0 Å². The van der Waals surface area contributed by atoms with Crippen molar-refractivity contribution < 1.29 is 4.79 Å². The van der Waals surface area contributed by atoms with E-state index in [1.54, 1.807) is 0 Å². The van der Waals surface area contributed by atoms with Gasteiger partial charge in [-0.05, 0) is 55.4 Å². The van der Waals surface area contributed by atoms with Crippen LogP contribution in [0.5, 0.6) is 0 Å². The van der Waals surface area contributed by atoms with Gasteiger partial charge in [-0.1, -0.05) is 18.2 Å². The number of urea groups is 1. The zero-order valence-electron chi connectivity index (χ0n) is 16.0. The summed E-state index contributed by atoms with van der Waals surface area (Å²) in [5.41, 5.74) is 2.00. The van der Waals surface area contributed by atoms with E-state index in [-0.39, 0.29) is 6.03 Å². The molecule has 3 heterocycles. The third-order valence-electron chi connectivity index (χ3n) is 5.30. The Morgan fingerprint density at radius 2 is 2.04 bits per heavy atom. The van der Waals surface area contributed by atoms with Gasteiger partial charge in [0.2, 0.25) is 0 Å². The number of imidazole rings is 1. The van der Waals surface area contributed by atoms with E-state index in [0.717, 1.165) is 55.9 Å². The number of piperidine rings is 1. The fraction of sp³-hybridized carbons (Fsp3) is 0.429. The molecule has 6 nitrogen and oxygen atoms in total. The number of fused-ring (bicyclic) bond motifs is 1. The first-order valence-corrected chi connectivity index (χ1v) is 10.8. The first-order chi connectivity index (χ1) is 13.8. The highest BCUT2D eigenvalue weighted by Crippen LogP contribution is 2.20. The van der Waals surface area contributed by atoms with E-state index >= 15 is 0 Å². The van der Waals surface area contributed by atoms with E-state index in [1.807, 2.05) is 35.6 Å². The molecule has 0 bridgehead atoms. The summed E-state index contributed by atoms with van der Waals surface area (Å²) in [4.78, 5) is 23.8. The van der Waals surface area contributed by atoms with Crippen molar-refractivity contribution in [1.29, 1.82) is 0 Å². The van der Waals surface area contributed by atoms with Crippen LogP contribution in [0, 0.1) is 5.92 Å². The SMILES string of the molecule is O=C(NCCc1nc2ccccc2[nH]1)NCC1CCN(Cc2cccs2)CC1. The molecule has 1 saturated heterocycles. The number of rotatable bonds is 7. The van der Waals surface area contributed by atoms with Crippen LogP contribution in [0.3, 0.4) is 0 Å². The zero-order chi connectivity index (χ0) is 19.2. The summed E-state index contributed by atoms with van der Waals surface area (Å²) < 4.78 is 0. The van der Waals surface area contributed by atoms with E-state index in [2.05, 4.69) is 43.0 Å². The number of carbonyl (C=O) groups excluding carboxylic acids is 1. The number of aromatic amines is 1. The quantitative estimate of drug-likeness (QED) is 0.572. The number of aromatic nitrogens is 2. The molecular formula is C21H27N5OS. The van der Waals surface area contributed by atoms with Crippen molar-refractivity contribution in [2.75, 3.05) is 26.2 Å². The first kappa shape index (κ1) is 19.0. The van der Waals surface area contributed by atoms with Gasteiger partial charge < -0.3 is 15.6 Å². The smallest absolute Gasteiger partial charge is 0.314 e. The highest BCUT2D eigenvalue weighted by atomic mass is 32.1. The predicted octanol–water partition coefficient (Wildman–Crippen LogP) is 3.38. The average Bonchev–Trinajstić information content (AvgIpc) is 3.36. The molecule has 0 radical (unpaired) electrons. The Hall–Kier alpha value is -2.38. The number of para-hydroxylation sites is 2. The van der Waals surface area contributed by atoms with Gasteiger partial charge in [0.15, 0.2) is 0 Å². The summed E-state index contributed by atoms with van der Waals surface area (Å²) in [6, 6.07) is 12.2. The van der Waals surface area contributed by atoms with E-state index in [4.69, 9.17) is 0 Å². The Labute approximate surface area is 169 Å². The van der Waals surface area contributed by atoms with Crippen LogP contribution in [0.15, 0.2) is 41.8 Å². The van der Waals surface area contributed by atoms with Crippen molar-refractivity contribution in [3.63, 3.8) is 0 Å². The Bertz CT molecular complexity index is 850. The number of hydrogen-bond acceptors (Lipinski definition) is 4. The van der Waals surface area contributed by atoms with Gasteiger partial charge >= 0.3 is 6.03 Å². The molecule has 3 aromatic rings. The molecule has 0 spiro atoms. The van der Waals surface area contributed by atoms with Crippen molar-refractivity contribution >= 4 is 28.4 Å². The number of thiophene rings is 1. The fourth-order valence-corrected chi connectivity index (χ4v) is 4.44. The minimum atomic E-state index is -0.0860. The Kier molecular flexibility index (Phi) is 6.24. The summed E-state index contributed by atoms with van der Waals surface area (Å²) in [7, 11) is 0. The van der Waals surface area contributed by atoms with Gasteiger partial charge in [-0.25, -0.2) is 9.78 Å². The third kappa shape index (κ3) is 5.11. The van der Waals surface area contributed by atoms with Gasteiger partial charge in [0.25, 0.3) is 0 Å². The second-order valence-corrected chi connectivity index (χ2v) is 8.42. The van der Waals surface area contributed by atoms with Gasteiger partial charge in [-0.3, -0.25) is 4.90 Å². The number of likely N-dealkylation sites (tertiary alicyclic amines) is 1. The standard InChI is InChI=1S/C21H27N5OS/c27-21(22-10-7-20-24-18-5-1-2-6-19(18)25-20)23-14-16-8-11-26(12-9-16)15-17-4-3-13-28-17/h1-6,13,16H,7-12,14-15H2,(H,24,25)(H2,22,23,27). The predicted molar refractivity (Wildman–Crippen MR) is 114 cm³/mol. The van der Waals surface area contributed by atoms with Gasteiger partial charge in [0.1, 0.15) is 5.82 Å². The molecule has 28 heavy (non-hydrogen) atoms. The highest BCUT2D eigenvalue weighted by molar-refractivity contribution is 7.09. The van der Waals surface area contributed by atoms with Crippen molar-refractivity contribution in [2.45, 2.75) is 25.8 Å². The second kappa shape index (κ2) is 9.21. The number of carbonyl (C=O) groups is 1. The van der Waals surface area contributed by atoms with Crippen molar-refractivity contribution in [3.05, 3.63) is 52.5 Å². The Morgan fingerprint density at radius 1 is 1.18 bits per heavy atom. The minimum absolute atomic E-state index is 0.0860.